The van der Waals surface area contributed by atoms with E-state index in [2.05, 4.69) is 15.0 Å². The molecule has 0 radical (unpaired) electrons. The highest BCUT2D eigenvalue weighted by molar-refractivity contribution is 5.92. The average molecular weight is 399 g/mol. The number of rotatable bonds is 5. The summed E-state index contributed by atoms with van der Waals surface area (Å²) in [4.78, 5) is 28.0. The van der Waals surface area contributed by atoms with Gasteiger partial charge in [0.15, 0.2) is 0 Å². The maximum Gasteiger partial charge on any atom is 0.337 e. The minimum Gasteiger partial charge on any atom is -0.497 e. The molecular weight excluding hydrogens is 374 g/mol. The summed E-state index contributed by atoms with van der Waals surface area (Å²) in [5.74, 6) is 1.12. The van der Waals surface area contributed by atoms with Crippen molar-refractivity contribution >= 4 is 23.4 Å². The molecule has 0 unspecified atom stereocenters. The second-order valence-electron chi connectivity index (χ2n) is 6.51. The summed E-state index contributed by atoms with van der Waals surface area (Å²) in [6.45, 7) is 2.51. The highest BCUT2D eigenvalue weighted by Crippen LogP contribution is 2.32. The van der Waals surface area contributed by atoms with E-state index in [1.165, 1.54) is 7.11 Å². The summed E-state index contributed by atoms with van der Waals surface area (Å²) < 4.78 is 15.5. The summed E-state index contributed by atoms with van der Waals surface area (Å²) >= 11 is 0. The second kappa shape index (κ2) is 9.18. The Morgan fingerprint density at radius 3 is 2.17 bits per heavy atom. The number of carbonyl (C=O) groups is 2. The van der Waals surface area contributed by atoms with Gasteiger partial charge in [0.2, 0.25) is 0 Å². The highest BCUT2D eigenvalue weighted by atomic mass is 16.5. The molecule has 1 N–H and O–H groups in total. The Balaban J connectivity index is 1.59. The van der Waals surface area contributed by atoms with Crippen molar-refractivity contribution in [3.63, 3.8) is 0 Å². The van der Waals surface area contributed by atoms with E-state index in [1.54, 1.807) is 43.4 Å². The molecule has 154 valence electrons. The molecule has 2 amide bonds. The third-order valence-electron chi connectivity index (χ3n) is 4.85. The molecule has 0 atom stereocenters. The molecule has 0 spiro atoms. The molecule has 0 saturated carbocycles. The highest BCUT2D eigenvalue weighted by Gasteiger charge is 2.23. The summed E-state index contributed by atoms with van der Waals surface area (Å²) in [7, 11) is 4.60. The number of nitrogens with one attached hydrogen (secondary N) is 1. The molecule has 2 aromatic carbocycles. The molecule has 0 aromatic heterocycles. The number of carbonyl (C=O) groups excluding carboxylic acids is 2. The number of nitrogens with zero attached hydrogens (tertiary/aromatic N) is 2. The first kappa shape index (κ1) is 20.3. The molecule has 1 fully saturated rings. The lowest BCUT2D eigenvalue weighted by atomic mass is 10.2. The fourth-order valence-corrected chi connectivity index (χ4v) is 3.20. The number of esters is 1. The van der Waals surface area contributed by atoms with Crippen LogP contribution in [0.4, 0.5) is 16.2 Å². The first-order valence-electron chi connectivity index (χ1n) is 9.27. The van der Waals surface area contributed by atoms with Gasteiger partial charge < -0.3 is 29.3 Å². The smallest absolute Gasteiger partial charge is 0.337 e. The van der Waals surface area contributed by atoms with Crippen LogP contribution >= 0.6 is 0 Å². The van der Waals surface area contributed by atoms with Crippen LogP contribution in [0.2, 0.25) is 0 Å². The minimum absolute atomic E-state index is 0.173. The monoisotopic (exact) mass is 399 g/mol. The number of piperazine rings is 1. The molecule has 8 heteroatoms. The fourth-order valence-electron chi connectivity index (χ4n) is 3.20. The van der Waals surface area contributed by atoms with Crippen LogP contribution < -0.4 is 19.7 Å². The quantitative estimate of drug-likeness (QED) is 0.779. The van der Waals surface area contributed by atoms with Gasteiger partial charge in [-0.3, -0.25) is 0 Å². The summed E-state index contributed by atoms with van der Waals surface area (Å²) in [5, 5.41) is 2.86. The molecule has 1 heterocycles. The summed E-state index contributed by atoms with van der Waals surface area (Å²) in [6, 6.07) is 12.1. The van der Waals surface area contributed by atoms with Crippen molar-refractivity contribution < 1.29 is 23.8 Å². The molecule has 3 rings (SSSR count). The van der Waals surface area contributed by atoms with E-state index in [0.29, 0.717) is 37.4 Å². The van der Waals surface area contributed by atoms with Gasteiger partial charge in [0.05, 0.1) is 32.6 Å². The number of methoxy groups -OCH3 is 3. The van der Waals surface area contributed by atoms with E-state index in [4.69, 9.17) is 9.47 Å². The third kappa shape index (κ3) is 4.71. The van der Waals surface area contributed by atoms with Crippen molar-refractivity contribution in [1.29, 1.82) is 0 Å². The van der Waals surface area contributed by atoms with Crippen LogP contribution in [0.15, 0.2) is 42.5 Å². The zero-order chi connectivity index (χ0) is 20.8. The fraction of sp³-hybridized carbons (Fsp3) is 0.333. The van der Waals surface area contributed by atoms with Crippen molar-refractivity contribution in [3.05, 3.63) is 48.0 Å². The lowest BCUT2D eigenvalue weighted by Gasteiger charge is -2.36. The molecule has 0 bridgehead atoms. The number of benzene rings is 2. The van der Waals surface area contributed by atoms with Gasteiger partial charge in [-0.05, 0) is 36.4 Å². The van der Waals surface area contributed by atoms with Crippen molar-refractivity contribution in [1.82, 2.24) is 4.90 Å². The Kier molecular flexibility index (Phi) is 6.43. The Morgan fingerprint density at radius 1 is 0.897 bits per heavy atom. The van der Waals surface area contributed by atoms with E-state index >= 15 is 0 Å². The van der Waals surface area contributed by atoms with E-state index in [-0.39, 0.29) is 6.03 Å². The number of amides is 2. The van der Waals surface area contributed by atoms with E-state index in [9.17, 15) is 9.59 Å². The van der Waals surface area contributed by atoms with E-state index in [0.717, 1.165) is 17.2 Å². The molecule has 2 aromatic rings. The van der Waals surface area contributed by atoms with Gasteiger partial charge in [0, 0.05) is 37.9 Å². The van der Waals surface area contributed by atoms with Gasteiger partial charge in [-0.2, -0.15) is 0 Å². The van der Waals surface area contributed by atoms with Gasteiger partial charge in [0.25, 0.3) is 0 Å². The molecular formula is C21H25N3O5. The Hall–Kier alpha value is -3.42. The van der Waals surface area contributed by atoms with Gasteiger partial charge in [0.1, 0.15) is 11.5 Å². The summed E-state index contributed by atoms with van der Waals surface area (Å²) in [5.41, 5.74) is 2.01. The molecule has 1 saturated heterocycles. The van der Waals surface area contributed by atoms with E-state index in [1.807, 2.05) is 18.2 Å². The predicted molar refractivity (Wildman–Crippen MR) is 110 cm³/mol. The lowest BCUT2D eigenvalue weighted by molar-refractivity contribution is 0.0600. The zero-order valence-electron chi connectivity index (χ0n) is 16.8. The van der Waals surface area contributed by atoms with Crippen LogP contribution in [0.5, 0.6) is 11.5 Å². The maximum absolute atomic E-state index is 12.6. The number of anilines is 2. The Labute approximate surface area is 170 Å². The van der Waals surface area contributed by atoms with Crippen LogP contribution in [-0.4, -0.2) is 64.4 Å². The Bertz CT molecular complexity index is 861. The van der Waals surface area contributed by atoms with E-state index < -0.39 is 5.97 Å². The predicted octanol–water partition coefficient (Wildman–Crippen LogP) is 2.84. The van der Waals surface area contributed by atoms with Crippen molar-refractivity contribution in [2.24, 2.45) is 0 Å². The van der Waals surface area contributed by atoms with Gasteiger partial charge >= 0.3 is 12.0 Å². The van der Waals surface area contributed by atoms with Crippen LogP contribution in [0.3, 0.4) is 0 Å². The second-order valence-corrected chi connectivity index (χ2v) is 6.51. The van der Waals surface area contributed by atoms with Gasteiger partial charge in [-0.15, -0.1) is 0 Å². The first-order valence-corrected chi connectivity index (χ1v) is 9.27. The molecule has 29 heavy (non-hydrogen) atoms. The number of hydrogen-bond donors (Lipinski definition) is 1. The average Bonchev–Trinajstić information content (AvgIpc) is 2.78. The number of ether oxygens (including phenoxy) is 3. The standard InChI is InChI=1S/C21H25N3O5/c1-27-17-8-9-19(28-2)18(14-17)23-10-12-24(13-11-23)21(26)22-16-6-4-15(5-7-16)20(25)29-3/h4-9,14H,10-13H2,1-3H3,(H,22,26). The van der Waals surface area contributed by atoms with Crippen molar-refractivity contribution in [3.8, 4) is 11.5 Å². The normalized spacial score (nSPS) is 13.6. The zero-order valence-corrected chi connectivity index (χ0v) is 16.8. The topological polar surface area (TPSA) is 80.3 Å². The molecule has 1 aliphatic rings. The van der Waals surface area contributed by atoms with Crippen molar-refractivity contribution in [2.75, 3.05) is 57.7 Å². The first-order chi connectivity index (χ1) is 14.0. The largest absolute Gasteiger partial charge is 0.497 e. The lowest BCUT2D eigenvalue weighted by Crippen LogP contribution is -2.50. The van der Waals surface area contributed by atoms with Crippen molar-refractivity contribution in [2.45, 2.75) is 0 Å². The van der Waals surface area contributed by atoms with Gasteiger partial charge in [-0.25, -0.2) is 9.59 Å². The summed E-state index contributed by atoms with van der Waals surface area (Å²) in [6.07, 6.45) is 0. The SMILES string of the molecule is COC(=O)c1ccc(NC(=O)N2CCN(c3cc(OC)ccc3OC)CC2)cc1. The minimum atomic E-state index is -0.410. The molecule has 8 nitrogen and oxygen atoms in total. The van der Waals surface area contributed by atoms with Crippen LogP contribution in [0.25, 0.3) is 0 Å². The van der Waals surface area contributed by atoms with Crippen LogP contribution in [0, 0.1) is 0 Å². The number of urea groups is 1. The molecule has 0 aliphatic carbocycles. The Morgan fingerprint density at radius 2 is 1.59 bits per heavy atom. The van der Waals surface area contributed by atoms with Gasteiger partial charge in [-0.1, -0.05) is 0 Å². The number of hydrogen-bond acceptors (Lipinski definition) is 6. The van der Waals surface area contributed by atoms with Crippen LogP contribution in [-0.2, 0) is 4.74 Å². The molecule has 1 aliphatic heterocycles. The third-order valence-corrected chi connectivity index (χ3v) is 4.85. The maximum atomic E-state index is 12.6. The van der Waals surface area contributed by atoms with Crippen LogP contribution in [0.1, 0.15) is 10.4 Å².